The van der Waals surface area contributed by atoms with Gasteiger partial charge in [0.2, 0.25) is 11.8 Å². The lowest BCUT2D eigenvalue weighted by atomic mass is 10.0. The molecule has 2 aliphatic heterocycles. The van der Waals surface area contributed by atoms with Crippen LogP contribution < -0.4 is 15.4 Å². The van der Waals surface area contributed by atoms with E-state index >= 15 is 0 Å². The molecule has 3 amide bonds. The maximum atomic E-state index is 13.1. The van der Waals surface area contributed by atoms with Crippen LogP contribution in [0.15, 0.2) is 82.8 Å². The number of hydrogen-bond acceptors (Lipinski definition) is 7. The Hall–Kier alpha value is -4.44. The van der Waals surface area contributed by atoms with Gasteiger partial charge in [0.25, 0.3) is 5.91 Å². The molecule has 1 unspecified atom stereocenters. The van der Waals surface area contributed by atoms with Gasteiger partial charge in [0, 0.05) is 29.8 Å². The molecule has 10 heteroatoms. The van der Waals surface area contributed by atoms with Crippen LogP contribution in [0.25, 0.3) is 0 Å². The van der Waals surface area contributed by atoms with Crippen molar-refractivity contribution in [2.75, 3.05) is 18.2 Å². The second-order valence-corrected chi connectivity index (χ2v) is 11.3. The minimum absolute atomic E-state index is 0.0943. The summed E-state index contributed by atoms with van der Waals surface area (Å²) < 4.78 is 5.36. The monoisotopic (exact) mass is 583 g/mol. The molecule has 1 atom stereocenters. The molecule has 42 heavy (non-hydrogen) atoms. The Morgan fingerprint density at radius 3 is 2.48 bits per heavy atom. The molecule has 0 spiro atoms. The molecular weight excluding hydrogens is 550 g/mol. The zero-order valence-corrected chi connectivity index (χ0v) is 24.6. The van der Waals surface area contributed by atoms with Crippen molar-refractivity contribution in [3.63, 3.8) is 0 Å². The summed E-state index contributed by atoms with van der Waals surface area (Å²) in [6.07, 6.45) is 0.372. The van der Waals surface area contributed by atoms with Gasteiger partial charge in [-0.25, -0.2) is 4.99 Å². The van der Waals surface area contributed by atoms with E-state index in [1.165, 1.54) is 17.3 Å². The summed E-state index contributed by atoms with van der Waals surface area (Å²) in [6.45, 7) is 4.56. The Bertz CT molecular complexity index is 1550. The van der Waals surface area contributed by atoms with Gasteiger partial charge in [-0.15, -0.1) is 0 Å². The molecule has 0 saturated heterocycles. The summed E-state index contributed by atoms with van der Waals surface area (Å²) in [4.78, 5) is 49.6. The number of para-hydroxylation sites is 2. The van der Waals surface area contributed by atoms with Gasteiger partial charge in [-0.2, -0.15) is 4.99 Å². The van der Waals surface area contributed by atoms with Gasteiger partial charge in [-0.1, -0.05) is 68.1 Å². The predicted molar refractivity (Wildman–Crippen MR) is 166 cm³/mol. The quantitative estimate of drug-likeness (QED) is 0.337. The summed E-state index contributed by atoms with van der Waals surface area (Å²) >= 11 is 1.24. The van der Waals surface area contributed by atoms with Crippen LogP contribution in [0.2, 0.25) is 0 Å². The number of amides is 3. The first-order valence-corrected chi connectivity index (χ1v) is 14.8. The molecule has 2 heterocycles. The molecule has 216 valence electrons. The third-order valence-corrected chi connectivity index (χ3v) is 8.07. The van der Waals surface area contributed by atoms with Crippen molar-refractivity contribution in [3.05, 3.63) is 89.5 Å². The van der Waals surface area contributed by atoms with Crippen LogP contribution in [-0.2, 0) is 20.9 Å². The zero-order chi connectivity index (χ0) is 29.6. The molecular formula is C32H33N5O4S. The minimum atomic E-state index is -0.691. The molecule has 2 aliphatic rings. The van der Waals surface area contributed by atoms with Crippen LogP contribution in [0.4, 0.5) is 11.4 Å². The summed E-state index contributed by atoms with van der Waals surface area (Å²) in [6, 6.07) is 22.1. The fourth-order valence-electron chi connectivity index (χ4n) is 4.85. The summed E-state index contributed by atoms with van der Waals surface area (Å²) in [5.74, 6) is 0.992. The summed E-state index contributed by atoms with van der Waals surface area (Å²) in [5.41, 5.74) is 4.21. The number of benzene rings is 3. The first-order valence-electron chi connectivity index (χ1n) is 13.8. The largest absolute Gasteiger partial charge is 0.496 e. The number of carbonyl (C=O) groups excluding carboxylic acids is 3. The number of fused-ring (bicyclic) bond motifs is 3. The first-order chi connectivity index (χ1) is 20.3. The summed E-state index contributed by atoms with van der Waals surface area (Å²) in [7, 11) is 1.59. The maximum Gasteiger partial charge on any atom is 0.270 e. The number of anilines is 1. The molecule has 0 bridgehead atoms. The van der Waals surface area contributed by atoms with Gasteiger partial charge >= 0.3 is 0 Å². The Morgan fingerprint density at radius 1 is 0.976 bits per heavy atom. The zero-order valence-electron chi connectivity index (χ0n) is 23.8. The highest BCUT2D eigenvalue weighted by molar-refractivity contribution is 8.14. The van der Waals surface area contributed by atoms with Crippen molar-refractivity contribution in [3.8, 4) is 5.75 Å². The lowest BCUT2D eigenvalue weighted by molar-refractivity contribution is -0.122. The fourth-order valence-corrected chi connectivity index (χ4v) is 5.70. The number of ether oxygens (including phenoxy) is 1. The second-order valence-electron chi connectivity index (χ2n) is 10.3. The molecule has 9 nitrogen and oxygen atoms in total. The van der Waals surface area contributed by atoms with E-state index in [-0.39, 0.29) is 36.3 Å². The first kappa shape index (κ1) is 29.1. The van der Waals surface area contributed by atoms with Crippen molar-refractivity contribution in [1.82, 2.24) is 10.2 Å². The van der Waals surface area contributed by atoms with Gasteiger partial charge in [0.05, 0.1) is 18.6 Å². The smallest absolute Gasteiger partial charge is 0.270 e. The van der Waals surface area contributed by atoms with Crippen molar-refractivity contribution in [2.45, 2.75) is 45.2 Å². The number of carbonyl (C=O) groups is 3. The van der Waals surface area contributed by atoms with Crippen molar-refractivity contribution in [1.29, 1.82) is 0 Å². The van der Waals surface area contributed by atoms with E-state index in [0.29, 0.717) is 34.9 Å². The SMILES string of the molecule is COc1ccccc1CNC(=O)CCC1C(=O)N=C2c3ccccc3N=C(SCC(=O)Nc3ccc(C(C)C)cc3)N21. The average Bonchev–Trinajstić information content (AvgIpc) is 3.34. The van der Waals surface area contributed by atoms with Gasteiger partial charge in [0.1, 0.15) is 17.6 Å². The highest BCUT2D eigenvalue weighted by Gasteiger charge is 2.41. The molecule has 5 rings (SSSR count). The van der Waals surface area contributed by atoms with Crippen LogP contribution >= 0.6 is 11.8 Å². The molecule has 3 aromatic carbocycles. The standard InChI is InChI=1S/C32H33N5O4S/c1-20(2)21-12-14-23(15-13-21)34-29(39)19-42-32-35-25-10-6-5-9-24(25)30-36-31(40)26(37(30)32)16-17-28(38)33-18-22-8-4-7-11-27(22)41-3/h4-15,20,26H,16-19H2,1-3H3,(H,33,38)(H,34,39). The van der Waals surface area contributed by atoms with E-state index in [9.17, 15) is 14.4 Å². The Kier molecular flexibility index (Phi) is 9.02. The van der Waals surface area contributed by atoms with Crippen molar-refractivity contribution in [2.24, 2.45) is 9.98 Å². The van der Waals surface area contributed by atoms with Gasteiger partial charge in [0.15, 0.2) is 5.17 Å². The summed E-state index contributed by atoms with van der Waals surface area (Å²) in [5, 5.41) is 6.34. The topological polar surface area (TPSA) is 112 Å². The molecule has 0 aromatic heterocycles. The van der Waals surface area contributed by atoms with Gasteiger partial charge < -0.3 is 15.4 Å². The number of thioether (sulfide) groups is 1. The van der Waals surface area contributed by atoms with Crippen LogP contribution in [-0.4, -0.2) is 52.5 Å². The molecule has 0 fully saturated rings. The Morgan fingerprint density at radius 2 is 1.71 bits per heavy atom. The molecule has 0 aliphatic carbocycles. The molecule has 2 N–H and O–H groups in total. The Labute approximate surface area is 249 Å². The molecule has 3 aromatic rings. The van der Waals surface area contributed by atoms with Crippen molar-refractivity contribution < 1.29 is 19.1 Å². The number of aliphatic imine (C=N–C) groups is 2. The van der Waals surface area contributed by atoms with E-state index < -0.39 is 6.04 Å². The highest BCUT2D eigenvalue weighted by Crippen LogP contribution is 2.35. The Balaban J connectivity index is 1.25. The number of hydrogen-bond donors (Lipinski definition) is 2. The van der Waals surface area contributed by atoms with E-state index in [2.05, 4.69) is 29.5 Å². The molecule has 0 saturated carbocycles. The highest BCUT2D eigenvalue weighted by atomic mass is 32.2. The third kappa shape index (κ3) is 6.54. The second kappa shape index (κ2) is 13.0. The van der Waals surface area contributed by atoms with Gasteiger partial charge in [-0.3, -0.25) is 19.3 Å². The van der Waals surface area contributed by atoms with E-state index in [1.807, 2.05) is 72.8 Å². The number of amidine groups is 2. The van der Waals surface area contributed by atoms with Crippen molar-refractivity contribution >= 4 is 51.9 Å². The minimum Gasteiger partial charge on any atom is -0.496 e. The number of rotatable bonds is 10. The predicted octanol–water partition coefficient (Wildman–Crippen LogP) is 5.25. The molecule has 0 radical (unpaired) electrons. The lowest BCUT2D eigenvalue weighted by Gasteiger charge is -2.31. The lowest BCUT2D eigenvalue weighted by Crippen LogP contribution is -2.44. The van der Waals surface area contributed by atoms with Crippen LogP contribution in [0.5, 0.6) is 5.75 Å². The van der Waals surface area contributed by atoms with Crippen LogP contribution in [0.3, 0.4) is 0 Å². The van der Waals surface area contributed by atoms with E-state index in [1.54, 1.807) is 12.0 Å². The number of nitrogens with zero attached hydrogens (tertiary/aromatic N) is 3. The van der Waals surface area contributed by atoms with E-state index in [4.69, 9.17) is 9.73 Å². The third-order valence-electron chi connectivity index (χ3n) is 7.11. The average molecular weight is 584 g/mol. The fraction of sp³-hybridized carbons (Fsp3) is 0.281. The normalized spacial score (nSPS) is 15.5. The van der Waals surface area contributed by atoms with Crippen LogP contribution in [0.1, 0.15) is 49.3 Å². The van der Waals surface area contributed by atoms with E-state index in [0.717, 1.165) is 16.8 Å². The number of nitrogens with one attached hydrogen (secondary N) is 2. The number of methoxy groups -OCH3 is 1. The van der Waals surface area contributed by atoms with Crippen LogP contribution in [0, 0.1) is 0 Å². The maximum absolute atomic E-state index is 13.1. The van der Waals surface area contributed by atoms with Gasteiger partial charge in [-0.05, 0) is 48.2 Å².